The molecule has 0 radical (unpaired) electrons. The van der Waals surface area contributed by atoms with Crippen LogP contribution in [0.1, 0.15) is 29.8 Å². The van der Waals surface area contributed by atoms with Crippen LogP contribution in [0.2, 0.25) is 0 Å². The van der Waals surface area contributed by atoms with Crippen LogP contribution >= 0.6 is 0 Å². The molecule has 0 aromatic heterocycles. The van der Waals surface area contributed by atoms with Crippen molar-refractivity contribution in [1.82, 2.24) is 14.1 Å². The maximum absolute atomic E-state index is 13.0. The predicted molar refractivity (Wildman–Crippen MR) is 121 cm³/mol. The van der Waals surface area contributed by atoms with E-state index >= 15 is 0 Å². The van der Waals surface area contributed by atoms with Crippen molar-refractivity contribution in [3.8, 4) is 5.75 Å². The molecule has 1 aliphatic rings. The largest absolute Gasteiger partial charge is 0.497 e. The fourth-order valence-electron chi connectivity index (χ4n) is 3.73. The van der Waals surface area contributed by atoms with E-state index in [0.29, 0.717) is 44.8 Å². The van der Waals surface area contributed by atoms with E-state index in [0.717, 1.165) is 12.3 Å². The maximum Gasteiger partial charge on any atom is 0.253 e. The zero-order valence-electron chi connectivity index (χ0n) is 18.5. The van der Waals surface area contributed by atoms with Gasteiger partial charge in [0.25, 0.3) is 5.91 Å². The van der Waals surface area contributed by atoms with Gasteiger partial charge < -0.3 is 9.64 Å². The van der Waals surface area contributed by atoms with E-state index in [4.69, 9.17) is 4.74 Å². The van der Waals surface area contributed by atoms with Crippen LogP contribution in [0.4, 0.5) is 0 Å². The number of hydrogen-bond donors (Lipinski definition) is 0. The number of sulfonamides is 1. The van der Waals surface area contributed by atoms with Gasteiger partial charge in [-0.25, -0.2) is 8.42 Å². The Bertz CT molecular complexity index is 963. The van der Waals surface area contributed by atoms with Crippen LogP contribution in [0.15, 0.2) is 53.4 Å². The van der Waals surface area contributed by atoms with E-state index in [1.807, 2.05) is 38.1 Å². The molecule has 1 aliphatic heterocycles. The summed E-state index contributed by atoms with van der Waals surface area (Å²) in [5, 5.41) is 0. The van der Waals surface area contributed by atoms with Gasteiger partial charge in [-0.05, 0) is 55.8 Å². The third-order valence-corrected chi connectivity index (χ3v) is 7.60. The lowest BCUT2D eigenvalue weighted by Crippen LogP contribution is -2.48. The molecule has 1 heterocycles. The molecule has 0 saturated carbocycles. The van der Waals surface area contributed by atoms with Gasteiger partial charge in [-0.1, -0.05) is 12.1 Å². The first kappa shape index (κ1) is 23.2. The number of benzene rings is 2. The number of carbonyl (C=O) groups is 1. The summed E-state index contributed by atoms with van der Waals surface area (Å²) in [6.07, 6.45) is 0. The van der Waals surface area contributed by atoms with Crippen LogP contribution in [0.5, 0.6) is 5.75 Å². The molecule has 168 valence electrons. The predicted octanol–water partition coefficient (Wildman–Crippen LogP) is 2.68. The third-order valence-electron chi connectivity index (χ3n) is 5.69. The van der Waals surface area contributed by atoms with Crippen LogP contribution in [0, 0.1) is 0 Å². The first-order valence-corrected chi connectivity index (χ1v) is 12.1. The molecule has 3 rings (SSSR count). The molecule has 8 heteroatoms. The van der Waals surface area contributed by atoms with Gasteiger partial charge in [-0.15, -0.1) is 0 Å². The molecule has 1 amide bonds. The van der Waals surface area contributed by atoms with E-state index in [-0.39, 0.29) is 10.8 Å². The molecule has 0 spiro atoms. The summed E-state index contributed by atoms with van der Waals surface area (Å²) in [6.45, 7) is 8.10. The molecular formula is C23H31N3O4S. The molecule has 2 aromatic rings. The van der Waals surface area contributed by atoms with Crippen LogP contribution < -0.4 is 4.74 Å². The van der Waals surface area contributed by atoms with Gasteiger partial charge in [0.2, 0.25) is 10.0 Å². The monoisotopic (exact) mass is 445 g/mol. The summed E-state index contributed by atoms with van der Waals surface area (Å²) in [6, 6.07) is 14.2. The lowest BCUT2D eigenvalue weighted by atomic mass is 10.2. The Morgan fingerprint density at radius 3 is 2.03 bits per heavy atom. The van der Waals surface area contributed by atoms with Gasteiger partial charge >= 0.3 is 0 Å². The van der Waals surface area contributed by atoms with Gasteiger partial charge in [-0.3, -0.25) is 9.69 Å². The molecule has 31 heavy (non-hydrogen) atoms. The number of hydrogen-bond acceptors (Lipinski definition) is 5. The van der Waals surface area contributed by atoms with Crippen molar-refractivity contribution < 1.29 is 17.9 Å². The Morgan fingerprint density at radius 2 is 1.52 bits per heavy atom. The molecule has 0 atom stereocenters. The molecule has 2 aromatic carbocycles. The zero-order valence-corrected chi connectivity index (χ0v) is 19.3. The summed E-state index contributed by atoms with van der Waals surface area (Å²) in [5.74, 6) is 0.741. The topological polar surface area (TPSA) is 70.2 Å². The number of rotatable bonds is 8. The molecule has 0 N–H and O–H groups in total. The van der Waals surface area contributed by atoms with Crippen LogP contribution in [-0.4, -0.2) is 74.8 Å². The standard InChI is InChI=1S/C23H31N3O4S/c1-4-25(5-2)23(27)20-8-12-22(13-9-20)31(28,29)26-16-14-24(15-17-26)18-19-6-10-21(30-3)11-7-19/h6-13H,4-5,14-18H2,1-3H3. The van der Waals surface area contributed by atoms with Crippen LogP contribution in [0.3, 0.4) is 0 Å². The number of piperazine rings is 1. The number of carbonyl (C=O) groups excluding carboxylic acids is 1. The molecular weight excluding hydrogens is 414 g/mol. The second-order valence-corrected chi connectivity index (χ2v) is 9.47. The second-order valence-electron chi connectivity index (χ2n) is 7.53. The fourth-order valence-corrected chi connectivity index (χ4v) is 5.15. The second kappa shape index (κ2) is 10.3. The highest BCUT2D eigenvalue weighted by molar-refractivity contribution is 7.89. The fraction of sp³-hybridized carbons (Fsp3) is 0.435. The quantitative estimate of drug-likeness (QED) is 0.625. The Labute approximate surface area is 185 Å². The molecule has 0 bridgehead atoms. The minimum atomic E-state index is -3.58. The van der Waals surface area contributed by atoms with E-state index in [1.165, 1.54) is 22.0 Å². The van der Waals surface area contributed by atoms with E-state index in [1.54, 1.807) is 24.1 Å². The van der Waals surface area contributed by atoms with Crippen molar-refractivity contribution in [3.05, 3.63) is 59.7 Å². The van der Waals surface area contributed by atoms with Crippen molar-refractivity contribution in [2.75, 3.05) is 46.4 Å². The van der Waals surface area contributed by atoms with Gasteiger partial charge in [0, 0.05) is 51.4 Å². The van der Waals surface area contributed by atoms with Crippen molar-refractivity contribution in [2.24, 2.45) is 0 Å². The number of ether oxygens (including phenoxy) is 1. The summed E-state index contributed by atoms with van der Waals surface area (Å²) in [7, 11) is -1.93. The highest BCUT2D eigenvalue weighted by atomic mass is 32.2. The lowest BCUT2D eigenvalue weighted by Gasteiger charge is -2.34. The Kier molecular flexibility index (Phi) is 7.69. The SMILES string of the molecule is CCN(CC)C(=O)c1ccc(S(=O)(=O)N2CCN(Cc3ccc(OC)cc3)CC2)cc1. The maximum atomic E-state index is 13.0. The summed E-state index contributed by atoms with van der Waals surface area (Å²) in [5.41, 5.74) is 1.68. The Hall–Kier alpha value is -2.42. The van der Waals surface area contributed by atoms with Gasteiger partial charge in [0.1, 0.15) is 5.75 Å². The average molecular weight is 446 g/mol. The van der Waals surface area contributed by atoms with Gasteiger partial charge in [-0.2, -0.15) is 4.31 Å². The first-order valence-electron chi connectivity index (χ1n) is 10.6. The van der Waals surface area contributed by atoms with Crippen molar-refractivity contribution in [2.45, 2.75) is 25.3 Å². The van der Waals surface area contributed by atoms with Crippen molar-refractivity contribution in [3.63, 3.8) is 0 Å². The van der Waals surface area contributed by atoms with Gasteiger partial charge in [0.15, 0.2) is 0 Å². The Balaban J connectivity index is 1.60. The highest BCUT2D eigenvalue weighted by Crippen LogP contribution is 2.20. The van der Waals surface area contributed by atoms with Gasteiger partial charge in [0.05, 0.1) is 12.0 Å². The molecule has 7 nitrogen and oxygen atoms in total. The van der Waals surface area contributed by atoms with E-state index in [2.05, 4.69) is 4.90 Å². The number of nitrogens with zero attached hydrogens (tertiary/aromatic N) is 3. The molecule has 1 saturated heterocycles. The summed E-state index contributed by atoms with van der Waals surface area (Å²) in [4.78, 5) is 16.6. The number of amides is 1. The molecule has 0 aliphatic carbocycles. The highest BCUT2D eigenvalue weighted by Gasteiger charge is 2.28. The lowest BCUT2D eigenvalue weighted by molar-refractivity contribution is 0.0773. The number of methoxy groups -OCH3 is 1. The normalized spacial score (nSPS) is 15.6. The first-order chi connectivity index (χ1) is 14.9. The third kappa shape index (κ3) is 5.44. The summed E-state index contributed by atoms with van der Waals surface area (Å²) >= 11 is 0. The van der Waals surface area contributed by atoms with E-state index < -0.39 is 10.0 Å². The molecule has 0 unspecified atom stereocenters. The average Bonchev–Trinajstić information content (AvgIpc) is 2.81. The minimum Gasteiger partial charge on any atom is -0.497 e. The van der Waals surface area contributed by atoms with E-state index in [9.17, 15) is 13.2 Å². The minimum absolute atomic E-state index is 0.0823. The van der Waals surface area contributed by atoms with Crippen molar-refractivity contribution >= 4 is 15.9 Å². The van der Waals surface area contributed by atoms with Crippen LogP contribution in [0.25, 0.3) is 0 Å². The zero-order chi connectivity index (χ0) is 22.4. The van der Waals surface area contributed by atoms with Crippen molar-refractivity contribution in [1.29, 1.82) is 0 Å². The smallest absolute Gasteiger partial charge is 0.253 e. The van der Waals surface area contributed by atoms with Crippen LogP contribution in [-0.2, 0) is 16.6 Å². The molecule has 1 fully saturated rings. The Morgan fingerprint density at radius 1 is 0.935 bits per heavy atom. The summed E-state index contributed by atoms with van der Waals surface area (Å²) < 4.78 is 32.8.